The van der Waals surface area contributed by atoms with Crippen LogP contribution in [0.5, 0.6) is 5.75 Å². The first kappa shape index (κ1) is 10.4. The van der Waals surface area contributed by atoms with Crippen LogP contribution in [0.2, 0.25) is 0 Å². The van der Waals surface area contributed by atoms with Crippen LogP contribution in [0.15, 0.2) is 29.8 Å². The maximum Gasteiger partial charge on any atom is 0.255 e. The van der Waals surface area contributed by atoms with Crippen molar-refractivity contribution in [3.8, 4) is 5.75 Å². The molecular formula is C12H11NO3. The Kier molecular flexibility index (Phi) is 2.72. The first-order chi connectivity index (χ1) is 7.70. The van der Waals surface area contributed by atoms with Gasteiger partial charge in [0.2, 0.25) is 0 Å². The molecule has 1 heterocycles. The van der Waals surface area contributed by atoms with Crippen LogP contribution in [0.3, 0.4) is 0 Å². The summed E-state index contributed by atoms with van der Waals surface area (Å²) in [5.74, 6) is 0.269. The highest BCUT2D eigenvalue weighted by Gasteiger charge is 2.24. The van der Waals surface area contributed by atoms with Gasteiger partial charge in [0.1, 0.15) is 5.75 Å². The van der Waals surface area contributed by atoms with Crippen molar-refractivity contribution in [2.75, 3.05) is 13.7 Å². The maximum absolute atomic E-state index is 11.3. The van der Waals surface area contributed by atoms with Gasteiger partial charge in [0, 0.05) is 0 Å². The van der Waals surface area contributed by atoms with Gasteiger partial charge in [-0.05, 0) is 23.8 Å². The Morgan fingerprint density at radius 1 is 1.25 bits per heavy atom. The number of rotatable bonds is 2. The monoisotopic (exact) mass is 217 g/mol. The normalized spacial score (nSPS) is 17.7. The van der Waals surface area contributed by atoms with E-state index in [-0.39, 0.29) is 23.8 Å². The lowest BCUT2D eigenvalue weighted by Gasteiger charge is -1.99. The van der Waals surface area contributed by atoms with Crippen LogP contribution >= 0.6 is 0 Å². The molecule has 4 nitrogen and oxygen atoms in total. The third kappa shape index (κ3) is 1.95. The molecule has 1 aromatic carbocycles. The minimum absolute atomic E-state index is 0.0980. The van der Waals surface area contributed by atoms with Crippen molar-refractivity contribution < 1.29 is 14.3 Å². The van der Waals surface area contributed by atoms with Gasteiger partial charge in [0.25, 0.3) is 5.91 Å². The third-order valence-corrected chi connectivity index (χ3v) is 2.38. The molecule has 1 N–H and O–H groups in total. The van der Waals surface area contributed by atoms with Crippen LogP contribution in [0.4, 0.5) is 0 Å². The van der Waals surface area contributed by atoms with E-state index < -0.39 is 0 Å². The van der Waals surface area contributed by atoms with E-state index in [1.54, 1.807) is 37.5 Å². The van der Waals surface area contributed by atoms with Gasteiger partial charge in [-0.3, -0.25) is 9.59 Å². The summed E-state index contributed by atoms with van der Waals surface area (Å²) < 4.78 is 5.01. The molecule has 0 bridgehead atoms. The summed E-state index contributed by atoms with van der Waals surface area (Å²) in [6.45, 7) is 0.0980. The second kappa shape index (κ2) is 4.18. The summed E-state index contributed by atoms with van der Waals surface area (Å²) in [6, 6.07) is 7.16. The molecular weight excluding hydrogens is 206 g/mol. The van der Waals surface area contributed by atoms with Crippen LogP contribution in [-0.4, -0.2) is 25.3 Å². The number of nitrogens with one attached hydrogen (secondary N) is 1. The number of hydrogen-bond acceptors (Lipinski definition) is 3. The van der Waals surface area contributed by atoms with Crippen molar-refractivity contribution in [2.24, 2.45) is 0 Å². The van der Waals surface area contributed by atoms with Gasteiger partial charge in [-0.1, -0.05) is 12.1 Å². The van der Waals surface area contributed by atoms with E-state index >= 15 is 0 Å². The summed E-state index contributed by atoms with van der Waals surface area (Å²) in [6.07, 6.45) is 1.59. The Balaban J connectivity index is 2.28. The van der Waals surface area contributed by atoms with E-state index in [9.17, 15) is 9.59 Å². The minimum atomic E-state index is -0.305. The molecule has 1 aromatic rings. The summed E-state index contributed by atoms with van der Waals surface area (Å²) in [5.41, 5.74) is 1.02. The summed E-state index contributed by atoms with van der Waals surface area (Å²) in [7, 11) is 1.58. The Labute approximate surface area is 92.9 Å². The van der Waals surface area contributed by atoms with Crippen molar-refractivity contribution in [1.82, 2.24) is 5.32 Å². The van der Waals surface area contributed by atoms with Crippen LogP contribution in [0.25, 0.3) is 6.08 Å². The zero-order chi connectivity index (χ0) is 11.5. The van der Waals surface area contributed by atoms with E-state index in [1.807, 2.05) is 0 Å². The molecule has 0 unspecified atom stereocenters. The fourth-order valence-corrected chi connectivity index (χ4v) is 1.49. The minimum Gasteiger partial charge on any atom is -0.497 e. The predicted octanol–water partition coefficient (Wildman–Crippen LogP) is 0.778. The zero-order valence-corrected chi connectivity index (χ0v) is 8.82. The Hall–Kier alpha value is -2.10. The predicted molar refractivity (Wildman–Crippen MR) is 59.0 cm³/mol. The Bertz CT molecular complexity index is 442. The summed E-state index contributed by atoms with van der Waals surface area (Å²) in [4.78, 5) is 22.6. The highest BCUT2D eigenvalue weighted by atomic mass is 16.5. The Morgan fingerprint density at radius 3 is 2.44 bits per heavy atom. The molecule has 1 aliphatic heterocycles. The van der Waals surface area contributed by atoms with E-state index in [1.165, 1.54) is 0 Å². The molecule has 1 fully saturated rings. The molecule has 1 saturated heterocycles. The van der Waals surface area contributed by atoms with Crippen molar-refractivity contribution in [3.05, 3.63) is 35.4 Å². The van der Waals surface area contributed by atoms with E-state index in [0.29, 0.717) is 0 Å². The fraction of sp³-hybridized carbons (Fsp3) is 0.167. The molecule has 1 amide bonds. The number of hydrogen-bond donors (Lipinski definition) is 1. The number of ketones is 1. The Morgan fingerprint density at radius 2 is 1.94 bits per heavy atom. The molecule has 0 spiro atoms. The molecule has 0 saturated carbocycles. The van der Waals surface area contributed by atoms with E-state index in [4.69, 9.17) is 4.74 Å². The largest absolute Gasteiger partial charge is 0.497 e. The average molecular weight is 217 g/mol. The first-order valence-electron chi connectivity index (χ1n) is 4.88. The highest BCUT2D eigenvalue weighted by molar-refractivity contribution is 6.27. The quantitative estimate of drug-likeness (QED) is 0.588. The second-order valence-corrected chi connectivity index (χ2v) is 3.44. The number of Topliss-reactive ketones (excluding diaryl/α,β-unsaturated/α-hetero) is 1. The number of ether oxygens (including phenoxy) is 1. The molecule has 0 atom stereocenters. The van der Waals surface area contributed by atoms with Crippen molar-refractivity contribution in [1.29, 1.82) is 0 Å². The van der Waals surface area contributed by atoms with Gasteiger partial charge in [0.05, 0.1) is 19.2 Å². The smallest absolute Gasteiger partial charge is 0.255 e. The molecule has 0 aliphatic carbocycles. The number of carbonyl (C=O) groups is 2. The summed E-state index contributed by atoms with van der Waals surface area (Å²) in [5, 5.41) is 2.48. The molecule has 0 radical (unpaired) electrons. The van der Waals surface area contributed by atoms with Gasteiger partial charge in [0.15, 0.2) is 5.78 Å². The standard InChI is InChI=1S/C12H11NO3/c1-16-9-4-2-8(3-5-9)6-10-11(14)7-13-12(10)15/h2-6H,7H2,1H3,(H,13,15)/b10-6-. The molecule has 2 rings (SSSR count). The van der Waals surface area contributed by atoms with Gasteiger partial charge in [-0.25, -0.2) is 0 Å². The number of benzene rings is 1. The highest BCUT2D eigenvalue weighted by Crippen LogP contribution is 2.15. The van der Waals surface area contributed by atoms with Gasteiger partial charge in [-0.2, -0.15) is 0 Å². The van der Waals surface area contributed by atoms with E-state index in [2.05, 4.69) is 5.32 Å². The van der Waals surface area contributed by atoms with Crippen molar-refractivity contribution in [2.45, 2.75) is 0 Å². The summed E-state index contributed by atoms with van der Waals surface area (Å²) >= 11 is 0. The molecule has 1 aliphatic rings. The molecule has 4 heteroatoms. The van der Waals surface area contributed by atoms with Gasteiger partial charge in [-0.15, -0.1) is 0 Å². The molecule has 0 aromatic heterocycles. The molecule has 82 valence electrons. The van der Waals surface area contributed by atoms with Crippen LogP contribution in [-0.2, 0) is 9.59 Å². The van der Waals surface area contributed by atoms with Crippen LogP contribution in [0, 0.1) is 0 Å². The number of methoxy groups -OCH3 is 1. The van der Waals surface area contributed by atoms with Crippen molar-refractivity contribution >= 4 is 17.8 Å². The average Bonchev–Trinajstić information content (AvgIpc) is 2.62. The lowest BCUT2D eigenvalue weighted by molar-refractivity contribution is -0.117. The number of amides is 1. The molecule has 16 heavy (non-hydrogen) atoms. The van der Waals surface area contributed by atoms with Crippen molar-refractivity contribution in [3.63, 3.8) is 0 Å². The number of carbonyl (C=O) groups excluding carboxylic acids is 2. The second-order valence-electron chi connectivity index (χ2n) is 3.44. The van der Waals surface area contributed by atoms with Gasteiger partial charge < -0.3 is 10.1 Å². The lowest BCUT2D eigenvalue weighted by atomic mass is 10.1. The SMILES string of the molecule is COc1ccc(/C=C2/C(=O)CNC2=O)cc1. The fourth-order valence-electron chi connectivity index (χ4n) is 1.49. The third-order valence-electron chi connectivity index (χ3n) is 2.38. The lowest BCUT2D eigenvalue weighted by Crippen LogP contribution is -2.14. The van der Waals surface area contributed by atoms with E-state index in [0.717, 1.165) is 11.3 Å². The van der Waals surface area contributed by atoms with Crippen LogP contribution in [0.1, 0.15) is 5.56 Å². The van der Waals surface area contributed by atoms with Crippen LogP contribution < -0.4 is 10.1 Å². The topological polar surface area (TPSA) is 55.4 Å². The maximum atomic E-state index is 11.3. The van der Waals surface area contributed by atoms with Gasteiger partial charge >= 0.3 is 0 Å². The zero-order valence-electron chi connectivity index (χ0n) is 8.82. The first-order valence-corrected chi connectivity index (χ1v) is 4.88.